The van der Waals surface area contributed by atoms with Gasteiger partial charge in [-0.15, -0.1) is 0 Å². The third kappa shape index (κ3) is 2.18. The van der Waals surface area contributed by atoms with Crippen LogP contribution in [0.4, 0.5) is 0 Å². The van der Waals surface area contributed by atoms with E-state index in [0.29, 0.717) is 0 Å². The SMILES string of the molecule is Brc1cnn(Cc2ccccc2)c1. The lowest BCUT2D eigenvalue weighted by molar-refractivity contribution is 0.686. The Balaban J connectivity index is 2.15. The molecular formula is C10H9BrN2. The molecule has 3 heteroatoms. The summed E-state index contributed by atoms with van der Waals surface area (Å²) in [4.78, 5) is 0. The Morgan fingerprint density at radius 1 is 1.23 bits per heavy atom. The summed E-state index contributed by atoms with van der Waals surface area (Å²) < 4.78 is 2.92. The predicted octanol–water partition coefficient (Wildman–Crippen LogP) is 2.69. The van der Waals surface area contributed by atoms with E-state index in [1.54, 1.807) is 6.20 Å². The fourth-order valence-corrected chi connectivity index (χ4v) is 1.52. The molecule has 0 bridgehead atoms. The molecule has 1 aromatic carbocycles. The number of benzene rings is 1. The van der Waals surface area contributed by atoms with Crippen molar-refractivity contribution in [2.75, 3.05) is 0 Å². The normalized spacial score (nSPS) is 10.2. The highest BCUT2D eigenvalue weighted by Gasteiger charge is 1.95. The molecule has 0 saturated carbocycles. The summed E-state index contributed by atoms with van der Waals surface area (Å²) in [5.41, 5.74) is 1.26. The molecule has 0 N–H and O–H groups in total. The van der Waals surface area contributed by atoms with Crippen molar-refractivity contribution in [3.8, 4) is 0 Å². The molecule has 0 amide bonds. The number of halogens is 1. The van der Waals surface area contributed by atoms with Crippen molar-refractivity contribution in [2.45, 2.75) is 6.54 Å². The van der Waals surface area contributed by atoms with E-state index in [1.165, 1.54) is 5.56 Å². The zero-order chi connectivity index (χ0) is 9.10. The van der Waals surface area contributed by atoms with Gasteiger partial charge in [-0.1, -0.05) is 30.3 Å². The number of rotatable bonds is 2. The monoisotopic (exact) mass is 236 g/mol. The Labute approximate surface area is 85.3 Å². The Kier molecular flexibility index (Phi) is 2.45. The highest BCUT2D eigenvalue weighted by molar-refractivity contribution is 9.10. The third-order valence-corrected chi connectivity index (χ3v) is 2.20. The van der Waals surface area contributed by atoms with E-state index in [4.69, 9.17) is 0 Å². The highest BCUT2D eigenvalue weighted by Crippen LogP contribution is 2.08. The number of aromatic nitrogens is 2. The van der Waals surface area contributed by atoms with Crippen LogP contribution in [0.15, 0.2) is 47.2 Å². The molecule has 0 aliphatic carbocycles. The fraction of sp³-hybridized carbons (Fsp3) is 0.100. The van der Waals surface area contributed by atoms with Crippen LogP contribution >= 0.6 is 15.9 Å². The summed E-state index contributed by atoms with van der Waals surface area (Å²) in [6, 6.07) is 10.3. The van der Waals surface area contributed by atoms with Gasteiger partial charge in [0.25, 0.3) is 0 Å². The van der Waals surface area contributed by atoms with E-state index in [9.17, 15) is 0 Å². The van der Waals surface area contributed by atoms with Crippen molar-refractivity contribution < 1.29 is 0 Å². The van der Waals surface area contributed by atoms with Gasteiger partial charge in [-0.05, 0) is 21.5 Å². The van der Waals surface area contributed by atoms with Gasteiger partial charge in [-0.25, -0.2) is 0 Å². The quantitative estimate of drug-likeness (QED) is 0.785. The smallest absolute Gasteiger partial charge is 0.0659 e. The summed E-state index contributed by atoms with van der Waals surface area (Å²) in [5, 5.41) is 4.18. The van der Waals surface area contributed by atoms with E-state index in [2.05, 4.69) is 33.2 Å². The second-order valence-electron chi connectivity index (χ2n) is 2.84. The second-order valence-corrected chi connectivity index (χ2v) is 3.76. The van der Waals surface area contributed by atoms with Crippen molar-refractivity contribution in [1.82, 2.24) is 9.78 Å². The van der Waals surface area contributed by atoms with Crippen molar-refractivity contribution in [2.24, 2.45) is 0 Å². The number of hydrogen-bond donors (Lipinski definition) is 0. The maximum Gasteiger partial charge on any atom is 0.0659 e. The van der Waals surface area contributed by atoms with E-state index in [1.807, 2.05) is 29.1 Å². The Morgan fingerprint density at radius 3 is 2.62 bits per heavy atom. The fourth-order valence-electron chi connectivity index (χ4n) is 1.20. The molecule has 1 heterocycles. The largest absolute Gasteiger partial charge is 0.267 e. The lowest BCUT2D eigenvalue weighted by Gasteiger charge is -1.99. The van der Waals surface area contributed by atoms with Crippen LogP contribution in [0.5, 0.6) is 0 Å². The molecule has 2 rings (SSSR count). The number of nitrogens with zero attached hydrogens (tertiary/aromatic N) is 2. The summed E-state index contributed by atoms with van der Waals surface area (Å²) in [6.45, 7) is 0.826. The molecule has 0 aliphatic heterocycles. The molecule has 0 aliphatic rings. The molecular weight excluding hydrogens is 228 g/mol. The minimum Gasteiger partial charge on any atom is -0.267 e. The highest BCUT2D eigenvalue weighted by atomic mass is 79.9. The summed E-state index contributed by atoms with van der Waals surface area (Å²) in [7, 11) is 0. The Morgan fingerprint density at radius 2 is 2.00 bits per heavy atom. The molecule has 1 aromatic heterocycles. The van der Waals surface area contributed by atoms with Gasteiger partial charge in [0.2, 0.25) is 0 Å². The first-order valence-corrected chi connectivity index (χ1v) is 4.86. The minimum atomic E-state index is 0.826. The number of hydrogen-bond acceptors (Lipinski definition) is 1. The lowest BCUT2D eigenvalue weighted by Crippen LogP contribution is -1.98. The van der Waals surface area contributed by atoms with E-state index in [-0.39, 0.29) is 0 Å². The van der Waals surface area contributed by atoms with Gasteiger partial charge in [0.15, 0.2) is 0 Å². The Bertz CT molecular complexity index is 381. The standard InChI is InChI=1S/C10H9BrN2/c11-10-6-12-13(8-10)7-9-4-2-1-3-5-9/h1-6,8H,7H2. The van der Waals surface area contributed by atoms with Crippen molar-refractivity contribution in [3.63, 3.8) is 0 Å². The average Bonchev–Trinajstić information content (AvgIpc) is 2.53. The molecule has 66 valence electrons. The van der Waals surface area contributed by atoms with Crippen LogP contribution in [-0.4, -0.2) is 9.78 Å². The second kappa shape index (κ2) is 3.75. The van der Waals surface area contributed by atoms with Gasteiger partial charge in [0.1, 0.15) is 0 Å². The van der Waals surface area contributed by atoms with Gasteiger partial charge >= 0.3 is 0 Å². The average molecular weight is 237 g/mol. The molecule has 0 unspecified atom stereocenters. The zero-order valence-corrected chi connectivity index (χ0v) is 8.61. The topological polar surface area (TPSA) is 17.8 Å². The first-order valence-electron chi connectivity index (χ1n) is 4.06. The van der Waals surface area contributed by atoms with Crippen molar-refractivity contribution >= 4 is 15.9 Å². The van der Waals surface area contributed by atoms with Gasteiger partial charge in [0.05, 0.1) is 17.2 Å². The molecule has 0 atom stereocenters. The molecule has 2 nitrogen and oxygen atoms in total. The third-order valence-electron chi connectivity index (χ3n) is 1.79. The van der Waals surface area contributed by atoms with Crippen LogP contribution < -0.4 is 0 Å². The van der Waals surface area contributed by atoms with Crippen LogP contribution in [0.1, 0.15) is 5.56 Å². The molecule has 2 aromatic rings. The van der Waals surface area contributed by atoms with Crippen molar-refractivity contribution in [3.05, 3.63) is 52.8 Å². The maximum absolute atomic E-state index is 4.18. The van der Waals surface area contributed by atoms with E-state index >= 15 is 0 Å². The maximum atomic E-state index is 4.18. The zero-order valence-electron chi connectivity index (χ0n) is 7.02. The molecule has 0 spiro atoms. The minimum absolute atomic E-state index is 0.826. The van der Waals surface area contributed by atoms with Crippen LogP contribution in [0.2, 0.25) is 0 Å². The van der Waals surface area contributed by atoms with E-state index in [0.717, 1.165) is 11.0 Å². The van der Waals surface area contributed by atoms with Crippen LogP contribution in [0, 0.1) is 0 Å². The first-order chi connectivity index (χ1) is 6.34. The Hall–Kier alpha value is -1.09. The van der Waals surface area contributed by atoms with Crippen LogP contribution in [0.25, 0.3) is 0 Å². The van der Waals surface area contributed by atoms with Gasteiger partial charge in [-0.3, -0.25) is 4.68 Å². The predicted molar refractivity (Wildman–Crippen MR) is 55.5 cm³/mol. The summed E-state index contributed by atoms with van der Waals surface area (Å²) in [6.07, 6.45) is 3.76. The van der Waals surface area contributed by atoms with Gasteiger partial charge in [-0.2, -0.15) is 5.10 Å². The molecule has 0 radical (unpaired) electrons. The lowest BCUT2D eigenvalue weighted by atomic mass is 10.2. The summed E-state index contributed by atoms with van der Waals surface area (Å²) >= 11 is 3.36. The van der Waals surface area contributed by atoms with Gasteiger partial charge in [0, 0.05) is 6.20 Å². The first kappa shape index (κ1) is 8.51. The van der Waals surface area contributed by atoms with E-state index < -0.39 is 0 Å². The van der Waals surface area contributed by atoms with Gasteiger partial charge < -0.3 is 0 Å². The molecule has 0 saturated heterocycles. The molecule has 0 fully saturated rings. The van der Waals surface area contributed by atoms with Crippen LogP contribution in [0.3, 0.4) is 0 Å². The van der Waals surface area contributed by atoms with Crippen LogP contribution in [-0.2, 0) is 6.54 Å². The summed E-state index contributed by atoms with van der Waals surface area (Å²) in [5.74, 6) is 0. The molecule has 13 heavy (non-hydrogen) atoms. The van der Waals surface area contributed by atoms with Crippen molar-refractivity contribution in [1.29, 1.82) is 0 Å².